The predicted octanol–water partition coefficient (Wildman–Crippen LogP) is 2.25. The molecule has 0 spiro atoms. The van der Waals surface area contributed by atoms with E-state index in [4.69, 9.17) is 4.74 Å². The molecule has 65 valence electrons. The maximum absolute atomic E-state index is 5.08. The van der Waals surface area contributed by atoms with Crippen molar-refractivity contribution in [3.8, 4) is 5.75 Å². The Morgan fingerprint density at radius 3 is 2.75 bits per heavy atom. The van der Waals surface area contributed by atoms with Crippen molar-refractivity contribution in [2.24, 2.45) is 0 Å². The molecule has 0 saturated heterocycles. The lowest BCUT2D eigenvalue weighted by Gasteiger charge is -2.08. The quantitative estimate of drug-likeness (QED) is 0.739. The van der Waals surface area contributed by atoms with Crippen molar-refractivity contribution < 1.29 is 4.74 Å². The molecule has 0 saturated carbocycles. The highest BCUT2D eigenvalue weighted by molar-refractivity contribution is 5.53. The predicted molar refractivity (Wildman–Crippen MR) is 51.6 cm³/mol. The van der Waals surface area contributed by atoms with E-state index >= 15 is 0 Å². The van der Waals surface area contributed by atoms with E-state index in [0.29, 0.717) is 6.54 Å². The zero-order valence-corrected chi connectivity index (χ0v) is 7.55. The van der Waals surface area contributed by atoms with Gasteiger partial charge in [-0.05, 0) is 37.6 Å². The average molecular weight is 164 g/mol. The topological polar surface area (TPSA) is 21.3 Å². The number of aryl methyl sites for hydroxylation is 1. The van der Waals surface area contributed by atoms with Crippen LogP contribution >= 0.6 is 0 Å². The number of rotatable bonds is 3. The summed E-state index contributed by atoms with van der Waals surface area (Å²) in [5, 5.41) is 3.16. The monoisotopic (exact) mass is 164 g/mol. The smallest absolute Gasteiger partial charge is 0.119 e. The second-order valence-corrected chi connectivity index (χ2v) is 2.61. The van der Waals surface area contributed by atoms with Gasteiger partial charge < -0.3 is 10.1 Å². The van der Waals surface area contributed by atoms with Crippen molar-refractivity contribution in [1.82, 2.24) is 0 Å². The van der Waals surface area contributed by atoms with Crippen LogP contribution in [0.25, 0.3) is 0 Å². The molecule has 0 aliphatic rings. The third-order valence-electron chi connectivity index (χ3n) is 1.75. The highest BCUT2D eigenvalue weighted by atomic mass is 16.5. The molecule has 0 aromatic heterocycles. The standard InChI is InChI=1S/C10H14NO/c1-4-11-10-6-5-9(12-3)7-8(10)2/h5-7,11H,1,4H2,2-3H3. The lowest BCUT2D eigenvalue weighted by molar-refractivity contribution is 0.414. The fourth-order valence-electron chi connectivity index (χ4n) is 1.10. The van der Waals surface area contributed by atoms with Gasteiger partial charge in [0.05, 0.1) is 7.11 Å². The van der Waals surface area contributed by atoms with Crippen molar-refractivity contribution in [1.29, 1.82) is 0 Å². The van der Waals surface area contributed by atoms with Crippen molar-refractivity contribution in [3.63, 3.8) is 0 Å². The van der Waals surface area contributed by atoms with Crippen LogP contribution in [-0.2, 0) is 0 Å². The van der Waals surface area contributed by atoms with Crippen LogP contribution in [-0.4, -0.2) is 13.7 Å². The van der Waals surface area contributed by atoms with E-state index < -0.39 is 0 Å². The first kappa shape index (κ1) is 8.91. The van der Waals surface area contributed by atoms with Crippen LogP contribution in [0.2, 0.25) is 0 Å². The second-order valence-electron chi connectivity index (χ2n) is 2.61. The lowest BCUT2D eigenvalue weighted by atomic mass is 10.2. The fourth-order valence-corrected chi connectivity index (χ4v) is 1.10. The third kappa shape index (κ3) is 1.91. The van der Waals surface area contributed by atoms with E-state index in [2.05, 4.69) is 12.2 Å². The number of hydrogen-bond acceptors (Lipinski definition) is 2. The molecule has 0 aliphatic carbocycles. The summed E-state index contributed by atoms with van der Waals surface area (Å²) in [6.45, 7) is 6.47. The zero-order valence-electron chi connectivity index (χ0n) is 7.55. The summed E-state index contributed by atoms with van der Waals surface area (Å²) in [7, 11) is 1.67. The minimum atomic E-state index is 0.702. The Morgan fingerprint density at radius 2 is 2.25 bits per heavy atom. The van der Waals surface area contributed by atoms with Crippen LogP contribution in [0, 0.1) is 13.8 Å². The summed E-state index contributed by atoms with van der Waals surface area (Å²) in [4.78, 5) is 0. The first-order valence-electron chi connectivity index (χ1n) is 3.95. The summed E-state index contributed by atoms with van der Waals surface area (Å²) in [6, 6.07) is 5.93. The van der Waals surface area contributed by atoms with Gasteiger partial charge in [-0.15, -0.1) is 0 Å². The van der Waals surface area contributed by atoms with Gasteiger partial charge in [0.25, 0.3) is 0 Å². The number of hydrogen-bond donors (Lipinski definition) is 1. The molecule has 2 nitrogen and oxygen atoms in total. The van der Waals surface area contributed by atoms with Gasteiger partial charge in [0, 0.05) is 12.2 Å². The number of benzene rings is 1. The maximum atomic E-state index is 5.08. The first-order chi connectivity index (χ1) is 5.77. The Hall–Kier alpha value is -1.18. The zero-order chi connectivity index (χ0) is 8.97. The van der Waals surface area contributed by atoms with E-state index in [-0.39, 0.29) is 0 Å². The van der Waals surface area contributed by atoms with Crippen LogP contribution in [0.3, 0.4) is 0 Å². The molecule has 0 bridgehead atoms. The molecule has 0 amide bonds. The van der Waals surface area contributed by atoms with Crippen molar-refractivity contribution in [2.45, 2.75) is 6.92 Å². The van der Waals surface area contributed by atoms with Gasteiger partial charge in [0.2, 0.25) is 0 Å². The van der Waals surface area contributed by atoms with E-state index in [1.807, 2.05) is 25.1 Å². The maximum Gasteiger partial charge on any atom is 0.119 e. The van der Waals surface area contributed by atoms with Gasteiger partial charge in [-0.25, -0.2) is 0 Å². The Labute approximate surface area is 73.6 Å². The van der Waals surface area contributed by atoms with E-state index in [9.17, 15) is 0 Å². The molecule has 0 aliphatic heterocycles. The van der Waals surface area contributed by atoms with Crippen LogP contribution in [0.5, 0.6) is 5.75 Å². The molecule has 1 aromatic rings. The van der Waals surface area contributed by atoms with Crippen molar-refractivity contribution >= 4 is 5.69 Å². The number of ether oxygens (including phenoxy) is 1. The molecule has 0 heterocycles. The second kappa shape index (κ2) is 4.00. The van der Waals surface area contributed by atoms with E-state index in [0.717, 1.165) is 11.4 Å². The van der Waals surface area contributed by atoms with Gasteiger partial charge in [-0.1, -0.05) is 0 Å². The van der Waals surface area contributed by atoms with Crippen LogP contribution < -0.4 is 10.1 Å². The molecule has 0 unspecified atom stereocenters. The molecule has 2 heteroatoms. The minimum absolute atomic E-state index is 0.702. The fraction of sp³-hybridized carbons (Fsp3) is 0.300. The SMILES string of the molecule is [CH2]CNc1ccc(OC)cc1C. The Balaban J connectivity index is 2.87. The first-order valence-corrected chi connectivity index (χ1v) is 3.95. The van der Waals surface area contributed by atoms with Crippen LogP contribution in [0.4, 0.5) is 5.69 Å². The molecule has 0 fully saturated rings. The molecule has 1 N–H and O–H groups in total. The van der Waals surface area contributed by atoms with Gasteiger partial charge in [0.15, 0.2) is 0 Å². The number of nitrogens with one attached hydrogen (secondary N) is 1. The minimum Gasteiger partial charge on any atom is -0.497 e. The molecule has 1 aromatic carbocycles. The third-order valence-corrected chi connectivity index (χ3v) is 1.75. The summed E-state index contributed by atoms with van der Waals surface area (Å²) in [5.41, 5.74) is 2.30. The highest BCUT2D eigenvalue weighted by Crippen LogP contribution is 2.20. The molecular weight excluding hydrogens is 150 g/mol. The van der Waals surface area contributed by atoms with Crippen LogP contribution in [0.15, 0.2) is 18.2 Å². The van der Waals surface area contributed by atoms with Gasteiger partial charge >= 0.3 is 0 Å². The van der Waals surface area contributed by atoms with E-state index in [1.165, 1.54) is 5.56 Å². The Bertz CT molecular complexity index is 258. The summed E-state index contributed by atoms with van der Waals surface area (Å²) >= 11 is 0. The molecule has 0 atom stereocenters. The molecular formula is C10H14NO. The average Bonchev–Trinajstić information content (AvgIpc) is 2.09. The molecule has 1 radical (unpaired) electrons. The molecule has 12 heavy (non-hydrogen) atoms. The number of methoxy groups -OCH3 is 1. The number of anilines is 1. The normalized spacial score (nSPS) is 9.58. The summed E-state index contributed by atoms with van der Waals surface area (Å²) in [5.74, 6) is 0.891. The van der Waals surface area contributed by atoms with E-state index in [1.54, 1.807) is 7.11 Å². The van der Waals surface area contributed by atoms with Crippen LogP contribution in [0.1, 0.15) is 5.56 Å². The summed E-state index contributed by atoms with van der Waals surface area (Å²) in [6.07, 6.45) is 0. The van der Waals surface area contributed by atoms with Gasteiger partial charge in [-0.3, -0.25) is 0 Å². The Morgan fingerprint density at radius 1 is 1.50 bits per heavy atom. The largest absolute Gasteiger partial charge is 0.497 e. The van der Waals surface area contributed by atoms with Crippen molar-refractivity contribution in [2.75, 3.05) is 19.0 Å². The summed E-state index contributed by atoms with van der Waals surface area (Å²) < 4.78 is 5.08. The molecule has 1 rings (SSSR count). The van der Waals surface area contributed by atoms with Crippen molar-refractivity contribution in [3.05, 3.63) is 30.7 Å². The highest BCUT2D eigenvalue weighted by Gasteiger charge is 1.97. The van der Waals surface area contributed by atoms with Gasteiger partial charge in [0.1, 0.15) is 5.75 Å². The lowest BCUT2D eigenvalue weighted by Crippen LogP contribution is -1.98. The van der Waals surface area contributed by atoms with Gasteiger partial charge in [-0.2, -0.15) is 0 Å². The Kier molecular flexibility index (Phi) is 2.97.